The number of hydrogen-bond acceptors (Lipinski definition) is 4. The van der Waals surface area contributed by atoms with E-state index in [1.165, 1.54) is 0 Å². The first-order valence-electron chi connectivity index (χ1n) is 8.36. The zero-order valence-corrected chi connectivity index (χ0v) is 14.4. The Morgan fingerprint density at radius 2 is 2.08 bits per heavy atom. The van der Waals surface area contributed by atoms with Crippen LogP contribution in [0.3, 0.4) is 0 Å². The van der Waals surface area contributed by atoms with E-state index in [9.17, 15) is 4.79 Å². The molecule has 0 atom stereocenters. The molecule has 26 heavy (non-hydrogen) atoms. The van der Waals surface area contributed by atoms with Gasteiger partial charge < -0.3 is 13.7 Å². The van der Waals surface area contributed by atoms with Gasteiger partial charge in [-0.05, 0) is 42.8 Å². The van der Waals surface area contributed by atoms with Crippen molar-refractivity contribution in [2.24, 2.45) is 0 Å². The molecule has 0 fully saturated rings. The molecule has 0 unspecified atom stereocenters. The second-order valence-corrected chi connectivity index (χ2v) is 6.12. The van der Waals surface area contributed by atoms with Crippen molar-refractivity contribution in [2.45, 2.75) is 20.0 Å². The van der Waals surface area contributed by atoms with Crippen molar-refractivity contribution in [3.8, 4) is 0 Å². The van der Waals surface area contributed by atoms with Gasteiger partial charge in [0, 0.05) is 30.8 Å². The highest BCUT2D eigenvalue weighted by Crippen LogP contribution is 2.15. The van der Waals surface area contributed by atoms with Gasteiger partial charge in [0.1, 0.15) is 17.1 Å². The van der Waals surface area contributed by atoms with E-state index in [1.54, 1.807) is 29.8 Å². The van der Waals surface area contributed by atoms with Gasteiger partial charge in [0.05, 0.1) is 12.8 Å². The molecule has 0 saturated heterocycles. The van der Waals surface area contributed by atoms with Crippen LogP contribution in [0.5, 0.6) is 0 Å². The predicted octanol–water partition coefficient (Wildman–Crippen LogP) is 3.47. The monoisotopic (exact) mass is 346 g/mol. The van der Waals surface area contributed by atoms with E-state index in [1.807, 2.05) is 53.8 Å². The Hall–Kier alpha value is -3.41. The number of aromatic nitrogens is 3. The molecule has 1 amide bonds. The lowest BCUT2D eigenvalue weighted by molar-refractivity contribution is 0.0712. The van der Waals surface area contributed by atoms with Gasteiger partial charge in [-0.25, -0.2) is 4.98 Å². The number of aryl methyl sites for hydroxylation is 1. The maximum absolute atomic E-state index is 13.1. The van der Waals surface area contributed by atoms with Gasteiger partial charge in [-0.1, -0.05) is 12.1 Å². The molecule has 0 aliphatic carbocycles. The minimum absolute atomic E-state index is 0.145. The van der Waals surface area contributed by atoms with Gasteiger partial charge >= 0.3 is 0 Å². The lowest BCUT2D eigenvalue weighted by atomic mass is 10.2. The Morgan fingerprint density at radius 3 is 2.81 bits per heavy atom. The average Bonchev–Trinajstić information content (AvgIpc) is 3.32. The highest BCUT2D eigenvalue weighted by Gasteiger charge is 2.21. The molecule has 4 aromatic rings. The normalized spacial score (nSPS) is 11.0. The summed E-state index contributed by atoms with van der Waals surface area (Å²) in [6.07, 6.45) is 6.87. The van der Waals surface area contributed by atoms with Crippen LogP contribution in [0.15, 0.2) is 71.7 Å². The van der Waals surface area contributed by atoms with Crippen molar-refractivity contribution in [1.29, 1.82) is 0 Å². The molecule has 4 rings (SSSR count). The van der Waals surface area contributed by atoms with Crippen LogP contribution < -0.4 is 0 Å². The summed E-state index contributed by atoms with van der Waals surface area (Å²) in [4.78, 5) is 23.5. The summed E-state index contributed by atoms with van der Waals surface area (Å²) < 4.78 is 7.35. The minimum Gasteiger partial charge on any atom is -0.467 e. The number of furan rings is 1. The first-order valence-corrected chi connectivity index (χ1v) is 8.36. The molecule has 0 aromatic carbocycles. The van der Waals surface area contributed by atoms with E-state index < -0.39 is 0 Å². The van der Waals surface area contributed by atoms with E-state index in [0.29, 0.717) is 18.8 Å². The Morgan fingerprint density at radius 1 is 1.15 bits per heavy atom. The summed E-state index contributed by atoms with van der Waals surface area (Å²) in [6, 6.07) is 13.3. The van der Waals surface area contributed by atoms with Gasteiger partial charge in [-0.3, -0.25) is 9.78 Å². The molecule has 0 spiro atoms. The largest absolute Gasteiger partial charge is 0.467 e. The third-order valence-electron chi connectivity index (χ3n) is 4.23. The zero-order valence-electron chi connectivity index (χ0n) is 14.4. The van der Waals surface area contributed by atoms with Gasteiger partial charge in [0.25, 0.3) is 5.91 Å². The first-order chi connectivity index (χ1) is 12.7. The van der Waals surface area contributed by atoms with Crippen LogP contribution in [-0.4, -0.2) is 25.2 Å². The number of carbonyl (C=O) groups is 1. The summed E-state index contributed by atoms with van der Waals surface area (Å²) in [6.45, 7) is 2.78. The summed E-state index contributed by atoms with van der Waals surface area (Å²) in [5, 5.41) is 0. The van der Waals surface area contributed by atoms with Crippen molar-refractivity contribution in [3.63, 3.8) is 0 Å². The van der Waals surface area contributed by atoms with E-state index in [4.69, 9.17) is 4.42 Å². The number of imidazole rings is 1. The SMILES string of the molecule is Cc1cccc2nc(C(=O)N(Cc3cccnc3)Cc3ccco3)cn12. The molecular formula is C20H18N4O2. The lowest BCUT2D eigenvalue weighted by Crippen LogP contribution is -2.30. The van der Waals surface area contributed by atoms with Crippen LogP contribution >= 0.6 is 0 Å². The number of carbonyl (C=O) groups excluding carboxylic acids is 1. The van der Waals surface area contributed by atoms with Gasteiger partial charge in [-0.15, -0.1) is 0 Å². The zero-order chi connectivity index (χ0) is 17.9. The van der Waals surface area contributed by atoms with E-state index >= 15 is 0 Å². The smallest absolute Gasteiger partial charge is 0.274 e. The maximum Gasteiger partial charge on any atom is 0.274 e. The maximum atomic E-state index is 13.1. The highest BCUT2D eigenvalue weighted by atomic mass is 16.3. The lowest BCUT2D eigenvalue weighted by Gasteiger charge is -2.20. The molecule has 0 N–H and O–H groups in total. The van der Waals surface area contributed by atoms with E-state index in [-0.39, 0.29) is 5.91 Å². The fourth-order valence-electron chi connectivity index (χ4n) is 2.92. The molecule has 4 heterocycles. The summed E-state index contributed by atoms with van der Waals surface area (Å²) in [5.41, 5.74) is 3.15. The molecule has 0 bridgehead atoms. The van der Waals surface area contributed by atoms with Crippen molar-refractivity contribution >= 4 is 11.6 Å². The number of rotatable bonds is 5. The summed E-state index contributed by atoms with van der Waals surface area (Å²) in [5.74, 6) is 0.579. The minimum atomic E-state index is -0.145. The Kier molecular flexibility index (Phi) is 4.23. The first kappa shape index (κ1) is 16.1. The second-order valence-electron chi connectivity index (χ2n) is 6.12. The van der Waals surface area contributed by atoms with Gasteiger partial charge in [-0.2, -0.15) is 0 Å². The number of nitrogens with zero attached hydrogens (tertiary/aromatic N) is 4. The van der Waals surface area contributed by atoms with Crippen molar-refractivity contribution in [2.75, 3.05) is 0 Å². The molecule has 6 nitrogen and oxygen atoms in total. The average molecular weight is 346 g/mol. The van der Waals surface area contributed by atoms with Crippen molar-refractivity contribution in [3.05, 3.63) is 90.0 Å². The Balaban J connectivity index is 1.66. The van der Waals surface area contributed by atoms with Crippen LogP contribution in [0.2, 0.25) is 0 Å². The third-order valence-corrected chi connectivity index (χ3v) is 4.23. The van der Waals surface area contributed by atoms with Gasteiger partial charge in [0.15, 0.2) is 0 Å². The number of fused-ring (bicyclic) bond motifs is 1. The number of pyridine rings is 2. The number of hydrogen-bond donors (Lipinski definition) is 0. The fraction of sp³-hybridized carbons (Fsp3) is 0.150. The molecule has 0 radical (unpaired) electrons. The Bertz CT molecular complexity index is 1020. The molecule has 0 aliphatic rings. The van der Waals surface area contributed by atoms with Crippen molar-refractivity contribution in [1.82, 2.24) is 19.3 Å². The van der Waals surface area contributed by atoms with Crippen LogP contribution in [-0.2, 0) is 13.1 Å². The summed E-state index contributed by atoms with van der Waals surface area (Å²) >= 11 is 0. The molecule has 4 aromatic heterocycles. The highest BCUT2D eigenvalue weighted by molar-refractivity contribution is 5.92. The molecule has 130 valence electrons. The molecule has 0 aliphatic heterocycles. The topological polar surface area (TPSA) is 63.6 Å². The Labute approximate surface area is 150 Å². The molecular weight excluding hydrogens is 328 g/mol. The fourth-order valence-corrected chi connectivity index (χ4v) is 2.92. The number of amides is 1. The van der Waals surface area contributed by atoms with Crippen LogP contribution in [0.1, 0.15) is 27.5 Å². The quantitative estimate of drug-likeness (QED) is 0.555. The molecule has 6 heteroatoms. The molecule has 0 saturated carbocycles. The predicted molar refractivity (Wildman–Crippen MR) is 96.5 cm³/mol. The third kappa shape index (κ3) is 3.21. The second kappa shape index (κ2) is 6.84. The standard InChI is InChI=1S/C20H18N4O2/c1-15-5-2-8-19-22-18(14-24(15)19)20(25)23(13-17-7-4-10-26-17)12-16-6-3-9-21-11-16/h2-11,14H,12-13H2,1H3. The van der Waals surface area contributed by atoms with Crippen molar-refractivity contribution < 1.29 is 9.21 Å². The van der Waals surface area contributed by atoms with E-state index in [2.05, 4.69) is 9.97 Å². The van der Waals surface area contributed by atoms with E-state index in [0.717, 1.165) is 22.7 Å². The summed E-state index contributed by atoms with van der Waals surface area (Å²) in [7, 11) is 0. The van der Waals surface area contributed by atoms with Crippen LogP contribution in [0.4, 0.5) is 0 Å². The van der Waals surface area contributed by atoms with Crippen LogP contribution in [0, 0.1) is 6.92 Å². The van der Waals surface area contributed by atoms with Crippen LogP contribution in [0.25, 0.3) is 5.65 Å². The van der Waals surface area contributed by atoms with Gasteiger partial charge in [0.2, 0.25) is 0 Å².